The first-order valence-corrected chi connectivity index (χ1v) is 20.2. The van der Waals surface area contributed by atoms with E-state index in [1.165, 1.54) is 16.7 Å². The van der Waals surface area contributed by atoms with E-state index in [0.29, 0.717) is 51.1 Å². The van der Waals surface area contributed by atoms with E-state index in [1.807, 2.05) is 19.2 Å². The lowest BCUT2D eigenvalue weighted by Crippen LogP contribution is -2.67. The second-order valence-electron chi connectivity index (χ2n) is 17.1. The molecule has 1 aromatic carbocycles. The topological polar surface area (TPSA) is 122 Å². The van der Waals surface area contributed by atoms with E-state index in [2.05, 4.69) is 79.6 Å². The Balaban J connectivity index is 1.31. The van der Waals surface area contributed by atoms with Crippen LogP contribution in [0, 0.1) is 34.5 Å². The Kier molecular flexibility index (Phi) is 12.6. The molecular weight excluding hydrogens is 661 g/mol. The molecule has 0 saturated heterocycles. The fourth-order valence-corrected chi connectivity index (χ4v) is 11.3. The van der Waals surface area contributed by atoms with Gasteiger partial charge in [-0.1, -0.05) is 78.4 Å². The summed E-state index contributed by atoms with van der Waals surface area (Å²) in [5.41, 5.74) is 5.06. The Hall–Kier alpha value is -2.91. The van der Waals surface area contributed by atoms with E-state index in [9.17, 15) is 25.2 Å². The van der Waals surface area contributed by atoms with Crippen molar-refractivity contribution in [3.05, 3.63) is 106 Å². The van der Waals surface area contributed by atoms with Gasteiger partial charge in [0.15, 0.2) is 0 Å². The maximum Gasteiger partial charge on any atom is 0.146 e. The normalized spacial score (nSPS) is 36.2. The van der Waals surface area contributed by atoms with Crippen molar-refractivity contribution in [3.8, 4) is 0 Å². The molecule has 5 aliphatic rings. The Morgan fingerprint density at radius 1 is 1.17 bits per heavy atom. The van der Waals surface area contributed by atoms with E-state index in [-0.39, 0.29) is 36.9 Å². The van der Waals surface area contributed by atoms with Crippen molar-refractivity contribution in [3.63, 3.8) is 0 Å². The molecule has 7 nitrogen and oxygen atoms in total. The number of hydrogen-bond donors (Lipinski definition) is 6. The number of nitrogens with one attached hydrogen (secondary N) is 2. The van der Waals surface area contributed by atoms with E-state index in [1.54, 1.807) is 0 Å². The highest BCUT2D eigenvalue weighted by molar-refractivity contribution is 5.76. The number of hydrogen-bond acceptors (Lipinski definition) is 7. The van der Waals surface area contributed by atoms with Crippen molar-refractivity contribution in [2.75, 3.05) is 33.4 Å². The first-order chi connectivity index (χ1) is 25.5. The molecule has 6 rings (SSSR count). The van der Waals surface area contributed by atoms with Crippen LogP contribution in [-0.2, 0) is 17.6 Å². The summed E-state index contributed by atoms with van der Waals surface area (Å²) >= 11 is 0. The summed E-state index contributed by atoms with van der Waals surface area (Å²) < 4.78 is 0. The summed E-state index contributed by atoms with van der Waals surface area (Å²) in [4.78, 5) is 12.7. The van der Waals surface area contributed by atoms with Gasteiger partial charge >= 0.3 is 0 Å². The second kappa shape index (κ2) is 16.8. The Labute approximate surface area is 317 Å². The lowest BCUT2D eigenvalue weighted by Gasteiger charge is -2.66. The van der Waals surface area contributed by atoms with Gasteiger partial charge in [0.1, 0.15) is 6.29 Å². The molecule has 4 aliphatic carbocycles. The summed E-state index contributed by atoms with van der Waals surface area (Å²) in [7, 11) is 1.89. The van der Waals surface area contributed by atoms with E-state index >= 15 is 0 Å². The largest absolute Gasteiger partial charge is 0.396 e. The Morgan fingerprint density at radius 3 is 2.70 bits per heavy atom. The van der Waals surface area contributed by atoms with Crippen LogP contribution >= 0.6 is 0 Å². The smallest absolute Gasteiger partial charge is 0.146 e. The van der Waals surface area contributed by atoms with Crippen LogP contribution in [0.15, 0.2) is 95.2 Å². The molecule has 1 spiro atoms. The zero-order chi connectivity index (χ0) is 37.8. The van der Waals surface area contributed by atoms with Gasteiger partial charge in [0.25, 0.3) is 0 Å². The van der Waals surface area contributed by atoms with Gasteiger partial charge in [0, 0.05) is 35.9 Å². The van der Waals surface area contributed by atoms with Gasteiger partial charge in [-0.25, -0.2) is 0 Å². The third-order valence-electron chi connectivity index (χ3n) is 13.9. The van der Waals surface area contributed by atoms with Crippen molar-refractivity contribution < 1.29 is 25.2 Å². The highest BCUT2D eigenvalue weighted by Gasteiger charge is 2.71. The number of aliphatic hydroxyl groups excluding tert-OH is 3. The predicted molar refractivity (Wildman–Crippen MR) is 213 cm³/mol. The van der Waals surface area contributed by atoms with Crippen molar-refractivity contribution in [1.82, 2.24) is 10.6 Å². The first-order valence-electron chi connectivity index (χ1n) is 20.2. The van der Waals surface area contributed by atoms with Crippen LogP contribution in [0.4, 0.5) is 0 Å². The molecule has 0 radical (unpaired) electrons. The van der Waals surface area contributed by atoms with Crippen LogP contribution in [0.5, 0.6) is 0 Å². The molecule has 2 fully saturated rings. The molecule has 7 heteroatoms. The number of carbonyl (C=O) groups excluding carboxylic acids is 1. The molecule has 0 amide bonds. The van der Waals surface area contributed by atoms with Gasteiger partial charge < -0.3 is 31.1 Å². The number of aliphatic hydroxyl groups is 4. The molecule has 2 saturated carbocycles. The minimum absolute atomic E-state index is 0.0128. The van der Waals surface area contributed by atoms with Crippen LogP contribution in [-0.4, -0.2) is 77.8 Å². The molecule has 53 heavy (non-hydrogen) atoms. The lowest BCUT2D eigenvalue weighted by atomic mass is 9.40. The van der Waals surface area contributed by atoms with Crippen molar-refractivity contribution in [2.24, 2.45) is 34.5 Å². The van der Waals surface area contributed by atoms with E-state index in [0.717, 1.165) is 67.2 Å². The number of fused-ring (bicyclic) bond motifs is 3. The average molecular weight is 725 g/mol. The van der Waals surface area contributed by atoms with Gasteiger partial charge in [0.05, 0.1) is 18.3 Å². The standard InChI is InChI=1S/C46H64N2O5/c1-31-13-14-37(26-35-10-6-9-34(25-35)24-33(3)48-27-31)32(2)8-5-11-38(28-50)40-16-20-46(43(40)52)42-36(17-23-49)15-19-44(30-45(46,53)21-22-47-4)18-7-12-39(29-51)41(42)44/h5-6,8-11,13,15,19,25,29,33,36-37,40,42-43,47-50,52-53H,2,7,12,14,16-18,20-24,26-28,30H2,1,3-4H3/t33-,36+,37-,40+,42-,43+,44-,45+,46+/m0/s1. The summed E-state index contributed by atoms with van der Waals surface area (Å²) in [6.07, 6.45) is 20.6. The fourth-order valence-electron chi connectivity index (χ4n) is 11.3. The van der Waals surface area contributed by atoms with Crippen molar-refractivity contribution >= 4 is 6.29 Å². The molecule has 9 atom stereocenters. The molecule has 1 aliphatic heterocycles. The monoisotopic (exact) mass is 724 g/mol. The second-order valence-corrected chi connectivity index (χ2v) is 17.1. The molecule has 6 N–H and O–H groups in total. The lowest BCUT2D eigenvalue weighted by molar-refractivity contribution is -0.207. The molecule has 1 heterocycles. The maximum atomic E-state index is 13.0. The van der Waals surface area contributed by atoms with Crippen LogP contribution in [0.3, 0.4) is 0 Å². The van der Waals surface area contributed by atoms with Gasteiger partial charge in [0.2, 0.25) is 0 Å². The summed E-state index contributed by atoms with van der Waals surface area (Å²) in [6.45, 7) is 10.2. The molecule has 1 aromatic rings. The van der Waals surface area contributed by atoms with Crippen LogP contribution in [0.25, 0.3) is 0 Å². The van der Waals surface area contributed by atoms with Crippen LogP contribution < -0.4 is 10.6 Å². The molecule has 288 valence electrons. The first kappa shape index (κ1) is 39.8. The third kappa shape index (κ3) is 7.68. The molecule has 4 bridgehead atoms. The quantitative estimate of drug-likeness (QED) is 0.0928. The summed E-state index contributed by atoms with van der Waals surface area (Å²) in [5, 5.41) is 53.7. The molecule has 0 aromatic heterocycles. The molecule has 0 unspecified atom stereocenters. The maximum absolute atomic E-state index is 13.0. The van der Waals surface area contributed by atoms with E-state index < -0.39 is 22.5 Å². The van der Waals surface area contributed by atoms with Crippen LogP contribution in [0.1, 0.15) is 82.8 Å². The number of carbonyl (C=O) groups is 1. The van der Waals surface area contributed by atoms with Crippen LogP contribution in [0.2, 0.25) is 0 Å². The van der Waals surface area contributed by atoms with Gasteiger partial charge in [-0.2, -0.15) is 0 Å². The minimum atomic E-state index is -1.21. The fraction of sp³-hybridized carbons (Fsp3) is 0.587. The SMILES string of the molecule is C=C(C=CC=C(CO)[C@H]1CC[C@]2([C@@H]1O)[C@@H]1C3=C(C=O)CCC[C@]3(C=C[C@@H]1CCO)C[C@]2(O)CCNC)[C@H]1CC=C(C)CN[C@@H](C)Cc2cccc(c2)C1. The van der Waals surface area contributed by atoms with E-state index in [4.69, 9.17) is 0 Å². The number of benzene rings is 1. The average Bonchev–Trinajstić information content (AvgIpc) is 3.49. The van der Waals surface area contributed by atoms with Gasteiger partial charge in [-0.15, -0.1) is 0 Å². The highest BCUT2D eigenvalue weighted by atomic mass is 16.3. The number of allylic oxidation sites excluding steroid dienone is 9. The summed E-state index contributed by atoms with van der Waals surface area (Å²) in [5.74, 6) is -0.539. The van der Waals surface area contributed by atoms with Crippen molar-refractivity contribution in [1.29, 1.82) is 0 Å². The predicted octanol–water partition coefficient (Wildman–Crippen LogP) is 6.10. The Bertz CT molecular complexity index is 1660. The minimum Gasteiger partial charge on any atom is -0.396 e. The number of rotatable bonds is 11. The zero-order valence-corrected chi connectivity index (χ0v) is 32.3. The molecular formula is C46H64N2O5. The Morgan fingerprint density at radius 2 is 1.96 bits per heavy atom. The highest BCUT2D eigenvalue weighted by Crippen LogP contribution is 2.72. The van der Waals surface area contributed by atoms with Crippen molar-refractivity contribution in [2.45, 2.75) is 102 Å². The third-order valence-corrected chi connectivity index (χ3v) is 13.9. The summed E-state index contributed by atoms with van der Waals surface area (Å²) in [6, 6.07) is 9.29. The zero-order valence-electron chi connectivity index (χ0n) is 32.3. The number of aldehydes is 1. The van der Waals surface area contributed by atoms with Gasteiger partial charge in [-0.3, -0.25) is 4.79 Å². The van der Waals surface area contributed by atoms with Gasteiger partial charge in [-0.05, 0) is 144 Å².